The Morgan fingerprint density at radius 1 is 1.12 bits per heavy atom. The fraction of sp³-hybridized carbons (Fsp3) is 0.692. The second-order valence-electron chi connectivity index (χ2n) is 5.70. The molecule has 0 aromatic rings. The van der Waals surface area contributed by atoms with Gasteiger partial charge in [-0.05, 0) is 0 Å². The topological polar surface area (TPSA) is 150 Å². The van der Waals surface area contributed by atoms with Crippen LogP contribution in [0.25, 0.3) is 0 Å². The molecule has 2 saturated heterocycles. The SMILES string of the molecule is O=C1CC(COC(=O)C(C(=O)CC2COC(=O)C2)S(=O)(=O)O)CO1. The summed E-state index contributed by atoms with van der Waals surface area (Å²) in [6.07, 6.45) is -0.476. The van der Waals surface area contributed by atoms with Gasteiger partial charge in [0, 0.05) is 18.3 Å². The summed E-state index contributed by atoms with van der Waals surface area (Å²) >= 11 is 0. The van der Waals surface area contributed by atoms with E-state index in [2.05, 4.69) is 9.47 Å². The third-order valence-electron chi connectivity index (χ3n) is 3.63. The van der Waals surface area contributed by atoms with Crippen molar-refractivity contribution in [3.05, 3.63) is 0 Å². The Kier molecular flexibility index (Phi) is 5.54. The first kappa shape index (κ1) is 18.3. The van der Waals surface area contributed by atoms with E-state index in [0.717, 1.165) is 0 Å². The fourth-order valence-corrected chi connectivity index (χ4v) is 3.19. The van der Waals surface area contributed by atoms with Crippen molar-refractivity contribution in [1.29, 1.82) is 0 Å². The summed E-state index contributed by atoms with van der Waals surface area (Å²) in [7, 11) is -5.02. The van der Waals surface area contributed by atoms with Crippen LogP contribution in [0.5, 0.6) is 0 Å². The molecule has 10 nitrogen and oxygen atoms in total. The number of cyclic esters (lactones) is 2. The van der Waals surface area contributed by atoms with Gasteiger partial charge in [0.1, 0.15) is 0 Å². The summed E-state index contributed by atoms with van der Waals surface area (Å²) in [5.41, 5.74) is 0. The number of ether oxygens (including phenoxy) is 3. The minimum absolute atomic E-state index is 0.0132. The molecule has 0 bridgehead atoms. The van der Waals surface area contributed by atoms with Crippen molar-refractivity contribution in [3.63, 3.8) is 0 Å². The number of esters is 3. The van der Waals surface area contributed by atoms with Crippen molar-refractivity contribution < 1.29 is 46.4 Å². The van der Waals surface area contributed by atoms with E-state index in [9.17, 15) is 27.6 Å². The molecule has 0 saturated carbocycles. The number of carbonyl (C=O) groups is 4. The Morgan fingerprint density at radius 2 is 1.67 bits per heavy atom. The van der Waals surface area contributed by atoms with Crippen molar-refractivity contribution in [2.24, 2.45) is 11.8 Å². The number of hydrogen-bond acceptors (Lipinski definition) is 9. The van der Waals surface area contributed by atoms with Crippen LogP contribution in [-0.2, 0) is 43.5 Å². The maximum Gasteiger partial charge on any atom is 0.334 e. The zero-order chi connectivity index (χ0) is 17.9. The first-order chi connectivity index (χ1) is 11.2. The number of hydrogen-bond donors (Lipinski definition) is 1. The zero-order valence-corrected chi connectivity index (χ0v) is 13.3. The first-order valence-corrected chi connectivity index (χ1v) is 8.64. The van der Waals surface area contributed by atoms with Crippen LogP contribution in [-0.4, -0.2) is 61.7 Å². The highest BCUT2D eigenvalue weighted by Gasteiger charge is 2.42. The normalized spacial score (nSPS) is 25.0. The molecule has 1 N–H and O–H groups in total. The van der Waals surface area contributed by atoms with E-state index < -0.39 is 57.3 Å². The Balaban J connectivity index is 1.96. The molecule has 3 unspecified atom stereocenters. The summed E-state index contributed by atoms with van der Waals surface area (Å²) in [4.78, 5) is 45.9. The second kappa shape index (κ2) is 7.26. The van der Waals surface area contributed by atoms with Gasteiger partial charge in [-0.3, -0.25) is 23.7 Å². The largest absolute Gasteiger partial charge is 0.465 e. The Hall–Kier alpha value is -2.01. The van der Waals surface area contributed by atoms with Gasteiger partial charge in [-0.2, -0.15) is 8.42 Å². The summed E-state index contributed by atoms with van der Waals surface area (Å²) in [6, 6.07) is 0. The lowest BCUT2D eigenvalue weighted by Gasteiger charge is -2.15. The first-order valence-electron chi connectivity index (χ1n) is 7.13. The lowest BCUT2D eigenvalue weighted by molar-refractivity contribution is -0.147. The number of Topliss-reactive ketones (excluding diaryl/α,β-unsaturated/α-hetero) is 1. The quantitative estimate of drug-likeness (QED) is 0.254. The Bertz CT molecular complexity index is 652. The van der Waals surface area contributed by atoms with Crippen LogP contribution in [0.4, 0.5) is 0 Å². The molecule has 2 rings (SSSR count). The molecule has 0 amide bonds. The molecule has 0 aromatic heterocycles. The molecular formula is C13H16O10S. The summed E-state index contributed by atoms with van der Waals surface area (Å²) in [5.74, 6) is -4.48. The van der Waals surface area contributed by atoms with E-state index in [1.165, 1.54) is 0 Å². The molecule has 3 atom stereocenters. The van der Waals surface area contributed by atoms with Gasteiger partial charge < -0.3 is 14.2 Å². The molecule has 2 aliphatic rings. The van der Waals surface area contributed by atoms with E-state index in [4.69, 9.17) is 9.29 Å². The van der Waals surface area contributed by atoms with E-state index in [1.807, 2.05) is 0 Å². The predicted octanol–water partition coefficient (Wildman–Crippen LogP) is -1.13. The van der Waals surface area contributed by atoms with Gasteiger partial charge in [0.05, 0.1) is 32.7 Å². The molecule has 134 valence electrons. The minimum Gasteiger partial charge on any atom is -0.465 e. The molecule has 11 heteroatoms. The Morgan fingerprint density at radius 3 is 2.12 bits per heavy atom. The second-order valence-corrected chi connectivity index (χ2v) is 7.20. The molecule has 0 spiro atoms. The van der Waals surface area contributed by atoms with Crippen molar-refractivity contribution >= 4 is 33.8 Å². The van der Waals surface area contributed by atoms with Crippen LogP contribution in [0.15, 0.2) is 0 Å². The van der Waals surface area contributed by atoms with Gasteiger partial charge in [-0.25, -0.2) is 0 Å². The van der Waals surface area contributed by atoms with Gasteiger partial charge in [0.25, 0.3) is 10.1 Å². The molecule has 2 heterocycles. The van der Waals surface area contributed by atoms with Crippen molar-refractivity contribution in [2.45, 2.75) is 24.5 Å². The van der Waals surface area contributed by atoms with Crippen molar-refractivity contribution in [2.75, 3.05) is 19.8 Å². The molecule has 24 heavy (non-hydrogen) atoms. The van der Waals surface area contributed by atoms with E-state index in [0.29, 0.717) is 0 Å². The van der Waals surface area contributed by atoms with Gasteiger partial charge in [0.15, 0.2) is 5.78 Å². The van der Waals surface area contributed by atoms with Crippen LogP contribution in [0, 0.1) is 11.8 Å². The van der Waals surface area contributed by atoms with Gasteiger partial charge in [-0.1, -0.05) is 0 Å². The monoisotopic (exact) mass is 364 g/mol. The highest BCUT2D eigenvalue weighted by molar-refractivity contribution is 7.88. The average Bonchev–Trinajstić information content (AvgIpc) is 3.03. The average molecular weight is 364 g/mol. The minimum atomic E-state index is -5.02. The number of ketones is 1. The highest BCUT2D eigenvalue weighted by atomic mass is 32.2. The molecule has 0 radical (unpaired) electrons. The van der Waals surface area contributed by atoms with Crippen LogP contribution in [0.1, 0.15) is 19.3 Å². The van der Waals surface area contributed by atoms with Crippen LogP contribution >= 0.6 is 0 Å². The third-order valence-corrected chi connectivity index (χ3v) is 4.68. The Labute approximate surface area is 137 Å². The lowest BCUT2D eigenvalue weighted by Crippen LogP contribution is -2.40. The predicted molar refractivity (Wildman–Crippen MR) is 74.1 cm³/mol. The summed E-state index contributed by atoms with van der Waals surface area (Å²) in [5, 5.41) is -2.38. The van der Waals surface area contributed by atoms with Crippen LogP contribution < -0.4 is 0 Å². The summed E-state index contributed by atoms with van der Waals surface area (Å²) in [6.45, 7) is -0.341. The number of carbonyl (C=O) groups excluding carboxylic acids is 4. The molecule has 0 aliphatic carbocycles. The van der Waals surface area contributed by atoms with Gasteiger partial charge >= 0.3 is 17.9 Å². The number of rotatable bonds is 7. The molecule has 2 aliphatic heterocycles. The molecule has 2 fully saturated rings. The summed E-state index contributed by atoms with van der Waals surface area (Å²) < 4.78 is 45.9. The van der Waals surface area contributed by atoms with Gasteiger partial charge in [0.2, 0.25) is 5.25 Å². The maximum atomic E-state index is 12.1. The third kappa shape index (κ3) is 4.74. The lowest BCUT2D eigenvalue weighted by atomic mass is 10.00. The van der Waals surface area contributed by atoms with Crippen molar-refractivity contribution in [1.82, 2.24) is 0 Å². The highest BCUT2D eigenvalue weighted by Crippen LogP contribution is 2.21. The van der Waals surface area contributed by atoms with E-state index in [-0.39, 0.29) is 32.7 Å². The van der Waals surface area contributed by atoms with Crippen molar-refractivity contribution in [3.8, 4) is 0 Å². The van der Waals surface area contributed by atoms with E-state index >= 15 is 0 Å². The fourth-order valence-electron chi connectivity index (χ4n) is 2.45. The van der Waals surface area contributed by atoms with Crippen LogP contribution in [0.3, 0.4) is 0 Å². The van der Waals surface area contributed by atoms with Crippen LogP contribution in [0.2, 0.25) is 0 Å². The maximum absolute atomic E-state index is 12.1. The standard InChI is InChI=1S/C13H16O10S/c14-9(1-7-2-10(15)21-4-7)12(24(18,19)20)13(17)23-6-8-3-11(16)22-5-8/h7-8,12H,1-6H2,(H,18,19,20). The zero-order valence-electron chi connectivity index (χ0n) is 12.5. The van der Waals surface area contributed by atoms with Gasteiger partial charge in [-0.15, -0.1) is 0 Å². The van der Waals surface area contributed by atoms with E-state index in [1.54, 1.807) is 0 Å². The molecule has 0 aromatic carbocycles. The smallest absolute Gasteiger partial charge is 0.334 e. The molecular weight excluding hydrogens is 348 g/mol.